The molecule has 8 heteroatoms. The monoisotopic (exact) mass is 299 g/mol. The van der Waals surface area contributed by atoms with E-state index in [1.54, 1.807) is 7.05 Å². The molecule has 0 bridgehead atoms. The average Bonchev–Trinajstić information content (AvgIpc) is 2.86. The molecule has 0 saturated carbocycles. The lowest BCUT2D eigenvalue weighted by molar-refractivity contribution is -0.139. The van der Waals surface area contributed by atoms with Gasteiger partial charge < -0.3 is 21.1 Å². The Kier molecular flexibility index (Phi) is 5.98. The zero-order valence-corrected chi connectivity index (χ0v) is 11.9. The summed E-state index contributed by atoms with van der Waals surface area (Å²) in [5.74, 6) is -1.79. The first-order valence-electron chi connectivity index (χ1n) is 5.94. The van der Waals surface area contributed by atoms with Gasteiger partial charge >= 0.3 is 12.0 Å². The van der Waals surface area contributed by atoms with Crippen molar-refractivity contribution in [1.82, 2.24) is 10.2 Å². The number of carboxylic acid groups (broad SMARTS) is 1. The normalized spacial score (nSPS) is 11.7. The number of carbonyl (C=O) groups excluding carboxylic acids is 2. The number of carbonyl (C=O) groups is 3. The van der Waals surface area contributed by atoms with Crippen LogP contribution in [0.5, 0.6) is 0 Å². The van der Waals surface area contributed by atoms with Crippen LogP contribution in [0, 0.1) is 0 Å². The van der Waals surface area contributed by atoms with Gasteiger partial charge in [0, 0.05) is 20.0 Å². The van der Waals surface area contributed by atoms with Crippen LogP contribution in [0.25, 0.3) is 0 Å². The van der Waals surface area contributed by atoms with E-state index in [1.165, 1.54) is 16.2 Å². The van der Waals surface area contributed by atoms with E-state index in [0.29, 0.717) is 6.54 Å². The molecule has 0 unspecified atom stereocenters. The van der Waals surface area contributed by atoms with E-state index in [-0.39, 0.29) is 12.8 Å². The molecule has 0 radical (unpaired) electrons. The Hall–Kier alpha value is -2.09. The second-order valence-electron chi connectivity index (χ2n) is 4.33. The fourth-order valence-corrected chi connectivity index (χ4v) is 2.19. The molecule has 0 spiro atoms. The molecule has 1 aromatic heterocycles. The molecule has 0 saturated heterocycles. The van der Waals surface area contributed by atoms with Crippen LogP contribution in [0.2, 0.25) is 0 Å². The lowest BCUT2D eigenvalue weighted by atomic mass is 10.1. The minimum atomic E-state index is -1.19. The van der Waals surface area contributed by atoms with Gasteiger partial charge in [-0.2, -0.15) is 11.3 Å². The van der Waals surface area contributed by atoms with Crippen LogP contribution in [-0.4, -0.2) is 41.0 Å². The summed E-state index contributed by atoms with van der Waals surface area (Å²) in [6.45, 7) is 0.386. The molecule has 0 aliphatic heterocycles. The molecular weight excluding hydrogens is 282 g/mol. The van der Waals surface area contributed by atoms with Crippen molar-refractivity contribution >= 4 is 29.2 Å². The molecule has 4 N–H and O–H groups in total. The number of nitrogens with one attached hydrogen (secondary N) is 1. The third kappa shape index (κ3) is 5.27. The standard InChI is InChI=1S/C12H17N3O4S/c1-15(6-8-4-5-20-7-8)12(19)14-9(11(17)18)2-3-10(13)16/h4-5,7,9H,2-3,6H2,1H3,(H2,13,16)(H,14,19)(H,17,18)/t9-/m1/s1. The number of hydrogen-bond donors (Lipinski definition) is 3. The first-order chi connectivity index (χ1) is 9.40. The third-order valence-electron chi connectivity index (χ3n) is 2.62. The van der Waals surface area contributed by atoms with Gasteiger partial charge in [0.1, 0.15) is 6.04 Å². The number of thiophene rings is 1. The minimum Gasteiger partial charge on any atom is -0.480 e. The largest absolute Gasteiger partial charge is 0.480 e. The molecule has 1 aromatic rings. The molecule has 0 aromatic carbocycles. The topological polar surface area (TPSA) is 113 Å². The van der Waals surface area contributed by atoms with Crippen LogP contribution in [0.3, 0.4) is 0 Å². The SMILES string of the molecule is CN(Cc1ccsc1)C(=O)N[C@H](CCC(N)=O)C(=O)O. The molecule has 0 aliphatic rings. The molecule has 20 heavy (non-hydrogen) atoms. The van der Waals surface area contributed by atoms with E-state index >= 15 is 0 Å². The number of nitrogens with two attached hydrogens (primary N) is 1. The van der Waals surface area contributed by atoms with Gasteiger partial charge in [0.2, 0.25) is 5.91 Å². The van der Waals surface area contributed by atoms with Gasteiger partial charge in [-0.25, -0.2) is 9.59 Å². The zero-order valence-electron chi connectivity index (χ0n) is 11.0. The van der Waals surface area contributed by atoms with Crippen LogP contribution in [0.15, 0.2) is 16.8 Å². The molecule has 1 atom stereocenters. The first kappa shape index (κ1) is 16.0. The molecule has 3 amide bonds. The Bertz CT molecular complexity index is 475. The van der Waals surface area contributed by atoms with Crippen LogP contribution < -0.4 is 11.1 Å². The summed E-state index contributed by atoms with van der Waals surface area (Å²) < 4.78 is 0. The fraction of sp³-hybridized carbons (Fsp3) is 0.417. The molecular formula is C12H17N3O4S. The van der Waals surface area contributed by atoms with Crippen molar-refractivity contribution in [3.05, 3.63) is 22.4 Å². The van der Waals surface area contributed by atoms with Crippen LogP contribution >= 0.6 is 11.3 Å². The average molecular weight is 299 g/mol. The van der Waals surface area contributed by atoms with Crippen LogP contribution in [0.1, 0.15) is 18.4 Å². The lowest BCUT2D eigenvalue weighted by Gasteiger charge is -2.20. The minimum absolute atomic E-state index is 0.0251. The number of amides is 3. The van der Waals surface area contributed by atoms with E-state index in [4.69, 9.17) is 10.8 Å². The molecule has 110 valence electrons. The predicted molar refractivity (Wildman–Crippen MR) is 74.2 cm³/mol. The van der Waals surface area contributed by atoms with Crippen molar-refractivity contribution in [3.8, 4) is 0 Å². The maximum atomic E-state index is 11.9. The number of nitrogens with zero attached hydrogens (tertiary/aromatic N) is 1. The van der Waals surface area contributed by atoms with Crippen molar-refractivity contribution < 1.29 is 19.5 Å². The molecule has 1 rings (SSSR count). The number of rotatable bonds is 7. The summed E-state index contributed by atoms with van der Waals surface area (Å²) in [7, 11) is 1.57. The van der Waals surface area contributed by atoms with Gasteiger partial charge in [-0.05, 0) is 28.8 Å². The zero-order chi connectivity index (χ0) is 15.1. The Balaban J connectivity index is 2.52. The smallest absolute Gasteiger partial charge is 0.326 e. The van der Waals surface area contributed by atoms with Crippen molar-refractivity contribution in [2.24, 2.45) is 5.73 Å². The number of aliphatic carboxylic acids is 1. The highest BCUT2D eigenvalue weighted by Gasteiger charge is 2.22. The van der Waals surface area contributed by atoms with Gasteiger partial charge in [0.15, 0.2) is 0 Å². The summed E-state index contributed by atoms with van der Waals surface area (Å²) in [4.78, 5) is 34.9. The van der Waals surface area contributed by atoms with Gasteiger partial charge in [0.25, 0.3) is 0 Å². The molecule has 7 nitrogen and oxygen atoms in total. The summed E-state index contributed by atoms with van der Waals surface area (Å²) >= 11 is 1.52. The maximum Gasteiger partial charge on any atom is 0.326 e. The van der Waals surface area contributed by atoms with Gasteiger partial charge in [-0.1, -0.05) is 0 Å². The lowest BCUT2D eigenvalue weighted by Crippen LogP contribution is -2.46. The predicted octanol–water partition coefficient (Wildman–Crippen LogP) is 0.608. The number of primary amides is 1. The van der Waals surface area contributed by atoms with Crippen molar-refractivity contribution in [2.75, 3.05) is 7.05 Å². The van der Waals surface area contributed by atoms with Crippen LogP contribution in [0.4, 0.5) is 4.79 Å². The highest BCUT2D eigenvalue weighted by molar-refractivity contribution is 7.07. The molecule has 0 fully saturated rings. The highest BCUT2D eigenvalue weighted by atomic mass is 32.1. The van der Waals surface area contributed by atoms with E-state index in [9.17, 15) is 14.4 Å². The third-order valence-corrected chi connectivity index (χ3v) is 3.35. The molecule has 0 aliphatic carbocycles. The second kappa shape index (κ2) is 7.49. The highest BCUT2D eigenvalue weighted by Crippen LogP contribution is 2.08. The number of carboxylic acids is 1. The first-order valence-corrected chi connectivity index (χ1v) is 6.88. The molecule has 1 heterocycles. The van der Waals surface area contributed by atoms with Gasteiger partial charge in [-0.15, -0.1) is 0 Å². The Morgan fingerprint density at radius 3 is 2.70 bits per heavy atom. The summed E-state index contributed by atoms with van der Waals surface area (Å²) in [5.41, 5.74) is 5.94. The number of hydrogen-bond acceptors (Lipinski definition) is 4. The fourth-order valence-electron chi connectivity index (χ4n) is 1.53. The van der Waals surface area contributed by atoms with E-state index < -0.39 is 23.9 Å². The van der Waals surface area contributed by atoms with Crippen molar-refractivity contribution in [1.29, 1.82) is 0 Å². The van der Waals surface area contributed by atoms with Crippen LogP contribution in [-0.2, 0) is 16.1 Å². The Morgan fingerprint density at radius 1 is 1.50 bits per heavy atom. The number of urea groups is 1. The summed E-state index contributed by atoms with van der Waals surface area (Å²) in [5, 5.41) is 15.2. The van der Waals surface area contributed by atoms with E-state index in [1.807, 2.05) is 16.8 Å². The summed E-state index contributed by atoms with van der Waals surface area (Å²) in [6, 6.07) is 0.254. The van der Waals surface area contributed by atoms with Gasteiger partial charge in [-0.3, -0.25) is 4.79 Å². The quantitative estimate of drug-likeness (QED) is 0.684. The van der Waals surface area contributed by atoms with Crippen molar-refractivity contribution in [3.63, 3.8) is 0 Å². The second-order valence-corrected chi connectivity index (χ2v) is 5.11. The van der Waals surface area contributed by atoms with E-state index in [0.717, 1.165) is 5.56 Å². The van der Waals surface area contributed by atoms with E-state index in [2.05, 4.69) is 5.32 Å². The van der Waals surface area contributed by atoms with Crippen molar-refractivity contribution in [2.45, 2.75) is 25.4 Å². The Labute approximate surface area is 120 Å². The maximum absolute atomic E-state index is 11.9. The van der Waals surface area contributed by atoms with Gasteiger partial charge in [0.05, 0.1) is 0 Å². The summed E-state index contributed by atoms with van der Waals surface area (Å²) in [6.07, 6.45) is -0.117. The Morgan fingerprint density at radius 2 is 2.20 bits per heavy atom.